The van der Waals surface area contributed by atoms with E-state index in [1.54, 1.807) is 0 Å². The van der Waals surface area contributed by atoms with E-state index in [2.05, 4.69) is 44.2 Å². The van der Waals surface area contributed by atoms with Crippen molar-refractivity contribution in [2.24, 2.45) is 52.3 Å². The highest BCUT2D eigenvalue weighted by molar-refractivity contribution is 5.09. The number of hydrogen-bond acceptors (Lipinski definition) is 3. The van der Waals surface area contributed by atoms with Gasteiger partial charge >= 0.3 is 0 Å². The molecule has 1 aromatic rings. The summed E-state index contributed by atoms with van der Waals surface area (Å²) in [5.74, 6) is 6.49. The molecule has 0 amide bonds. The van der Waals surface area contributed by atoms with Gasteiger partial charge in [0.1, 0.15) is 6.79 Å². The second-order valence-corrected chi connectivity index (χ2v) is 14.6. The van der Waals surface area contributed by atoms with Gasteiger partial charge in [-0.25, -0.2) is 4.98 Å². The van der Waals surface area contributed by atoms with Gasteiger partial charge in [0.05, 0.1) is 19.0 Å². The molecule has 0 aromatic carbocycles. The maximum Gasteiger partial charge on any atom is 0.147 e. The number of rotatable bonds is 11. The SMILES string of the molecule is CC(C)CCC[C@@H](C)[C@H]1CCC2C3CCC4CC(OCOCCn5ccnc5)CC[C@]4(C)C3CC[C@@]21C. The summed E-state index contributed by atoms with van der Waals surface area (Å²) < 4.78 is 14.1. The average molecular weight is 513 g/mol. The number of nitrogens with zero attached hydrogens (tertiary/aromatic N) is 2. The maximum atomic E-state index is 6.26. The first-order valence-corrected chi connectivity index (χ1v) is 16.0. The molecule has 4 fully saturated rings. The summed E-state index contributed by atoms with van der Waals surface area (Å²) in [6.07, 6.45) is 23.1. The molecular weight excluding hydrogens is 456 g/mol. The zero-order valence-corrected chi connectivity index (χ0v) is 24.7. The van der Waals surface area contributed by atoms with Crippen LogP contribution in [0.25, 0.3) is 0 Å². The van der Waals surface area contributed by atoms with Gasteiger partial charge in [0.25, 0.3) is 0 Å². The summed E-state index contributed by atoms with van der Waals surface area (Å²) in [6, 6.07) is 0. The Kier molecular flexibility index (Phi) is 8.76. The molecule has 1 heterocycles. The Morgan fingerprint density at radius 2 is 1.76 bits per heavy atom. The van der Waals surface area contributed by atoms with Crippen LogP contribution in [0.5, 0.6) is 0 Å². The van der Waals surface area contributed by atoms with E-state index in [9.17, 15) is 0 Å². The third-order valence-electron chi connectivity index (χ3n) is 12.3. The van der Waals surface area contributed by atoms with Gasteiger partial charge in [0.15, 0.2) is 0 Å². The van der Waals surface area contributed by atoms with Crippen molar-refractivity contribution in [3.63, 3.8) is 0 Å². The largest absolute Gasteiger partial charge is 0.354 e. The Labute approximate surface area is 227 Å². The molecule has 1 aromatic heterocycles. The van der Waals surface area contributed by atoms with Crippen molar-refractivity contribution >= 4 is 0 Å². The lowest BCUT2D eigenvalue weighted by atomic mass is 9.44. The minimum atomic E-state index is 0.388. The number of fused-ring (bicyclic) bond motifs is 5. The minimum Gasteiger partial charge on any atom is -0.354 e. The predicted octanol–water partition coefficient (Wildman–Crippen LogP) is 8.36. The summed E-state index contributed by atoms with van der Waals surface area (Å²) >= 11 is 0. The van der Waals surface area contributed by atoms with Crippen molar-refractivity contribution in [2.45, 2.75) is 124 Å². The summed E-state index contributed by atoms with van der Waals surface area (Å²) in [7, 11) is 0. The molecule has 0 bridgehead atoms. The third kappa shape index (κ3) is 5.72. The first kappa shape index (κ1) is 27.7. The molecule has 4 saturated carbocycles. The normalized spacial score (nSPS) is 40.3. The average Bonchev–Trinajstić information content (AvgIpc) is 3.51. The van der Waals surface area contributed by atoms with E-state index < -0.39 is 0 Å². The minimum absolute atomic E-state index is 0.388. The van der Waals surface area contributed by atoms with E-state index in [1.807, 2.05) is 18.7 Å². The molecule has 37 heavy (non-hydrogen) atoms. The van der Waals surface area contributed by atoms with Crippen LogP contribution in [0.4, 0.5) is 0 Å². The quantitative estimate of drug-likeness (QED) is 0.221. The molecule has 4 aliphatic carbocycles. The Hall–Kier alpha value is -0.870. The lowest BCUT2D eigenvalue weighted by Crippen LogP contribution is -2.54. The van der Waals surface area contributed by atoms with Crippen molar-refractivity contribution in [1.29, 1.82) is 0 Å². The fraction of sp³-hybridized carbons (Fsp3) is 0.909. The Bertz CT molecular complexity index is 839. The molecule has 4 nitrogen and oxygen atoms in total. The molecule has 0 radical (unpaired) electrons. The van der Waals surface area contributed by atoms with E-state index >= 15 is 0 Å². The molecule has 4 aliphatic rings. The Morgan fingerprint density at radius 3 is 2.54 bits per heavy atom. The second-order valence-electron chi connectivity index (χ2n) is 14.6. The van der Waals surface area contributed by atoms with Crippen LogP contribution in [-0.2, 0) is 16.0 Å². The van der Waals surface area contributed by atoms with E-state index in [0.717, 1.165) is 48.0 Å². The van der Waals surface area contributed by atoms with Gasteiger partial charge in [-0.15, -0.1) is 0 Å². The number of aromatic nitrogens is 2. The second kappa shape index (κ2) is 11.7. The van der Waals surface area contributed by atoms with Crippen LogP contribution >= 0.6 is 0 Å². The van der Waals surface area contributed by atoms with E-state index in [0.29, 0.717) is 30.3 Å². The fourth-order valence-electron chi connectivity index (χ4n) is 10.2. The highest BCUT2D eigenvalue weighted by atomic mass is 16.7. The molecular formula is C33H56N2O2. The zero-order valence-electron chi connectivity index (χ0n) is 24.7. The van der Waals surface area contributed by atoms with Gasteiger partial charge < -0.3 is 14.0 Å². The molecule has 9 atom stereocenters. The molecule has 210 valence electrons. The lowest BCUT2D eigenvalue weighted by Gasteiger charge is -2.61. The molecule has 0 spiro atoms. The summed E-state index contributed by atoms with van der Waals surface area (Å²) in [5, 5.41) is 0. The molecule has 0 N–H and O–H groups in total. The maximum absolute atomic E-state index is 6.26. The van der Waals surface area contributed by atoms with Crippen LogP contribution in [0.3, 0.4) is 0 Å². The molecule has 4 heteroatoms. The zero-order chi connectivity index (χ0) is 26.0. The van der Waals surface area contributed by atoms with Gasteiger partial charge in [-0.3, -0.25) is 0 Å². The van der Waals surface area contributed by atoms with Gasteiger partial charge in [0.2, 0.25) is 0 Å². The van der Waals surface area contributed by atoms with E-state index in [1.165, 1.54) is 77.0 Å². The van der Waals surface area contributed by atoms with Crippen LogP contribution in [0.1, 0.15) is 112 Å². The van der Waals surface area contributed by atoms with Crippen LogP contribution in [-0.4, -0.2) is 29.1 Å². The van der Waals surface area contributed by atoms with E-state index in [4.69, 9.17) is 9.47 Å². The number of ether oxygens (including phenoxy) is 2. The number of hydrogen-bond donors (Lipinski definition) is 0. The Balaban J connectivity index is 1.12. The first-order chi connectivity index (χ1) is 17.8. The summed E-state index contributed by atoms with van der Waals surface area (Å²) in [6.45, 7) is 14.8. The van der Waals surface area contributed by atoms with Crippen LogP contribution in [0.2, 0.25) is 0 Å². The van der Waals surface area contributed by atoms with Gasteiger partial charge in [-0.05, 0) is 110 Å². The molecule has 5 unspecified atom stereocenters. The topological polar surface area (TPSA) is 36.3 Å². The van der Waals surface area contributed by atoms with Crippen molar-refractivity contribution < 1.29 is 9.47 Å². The van der Waals surface area contributed by atoms with Crippen molar-refractivity contribution in [3.8, 4) is 0 Å². The predicted molar refractivity (Wildman–Crippen MR) is 151 cm³/mol. The van der Waals surface area contributed by atoms with Crippen molar-refractivity contribution in [1.82, 2.24) is 9.55 Å². The van der Waals surface area contributed by atoms with Crippen LogP contribution in [0, 0.1) is 52.3 Å². The fourth-order valence-corrected chi connectivity index (χ4v) is 10.2. The smallest absolute Gasteiger partial charge is 0.147 e. The summed E-state index contributed by atoms with van der Waals surface area (Å²) in [5.41, 5.74) is 1.14. The molecule has 0 aliphatic heterocycles. The first-order valence-electron chi connectivity index (χ1n) is 16.0. The standard InChI is InChI=1S/C33H56N2O2/c1-24(2)7-6-8-25(3)29-11-12-30-28-10-9-26-21-27(37-23-36-20-19-35-18-17-34-22-35)13-15-32(26,4)31(28)14-16-33(29,30)5/h17-18,22,24-31H,6-16,19-21,23H2,1-5H3/t25-,26?,27?,28?,29-,30?,31?,32+,33-/m1/s1. The summed E-state index contributed by atoms with van der Waals surface area (Å²) in [4.78, 5) is 4.09. The van der Waals surface area contributed by atoms with Gasteiger partial charge in [-0.1, -0.05) is 53.9 Å². The molecule has 0 saturated heterocycles. The number of imidazole rings is 1. The van der Waals surface area contributed by atoms with Crippen LogP contribution in [0.15, 0.2) is 18.7 Å². The third-order valence-corrected chi connectivity index (χ3v) is 12.3. The van der Waals surface area contributed by atoms with E-state index in [-0.39, 0.29) is 0 Å². The highest BCUT2D eigenvalue weighted by Crippen LogP contribution is 2.68. The monoisotopic (exact) mass is 512 g/mol. The highest BCUT2D eigenvalue weighted by Gasteiger charge is 2.60. The van der Waals surface area contributed by atoms with Gasteiger partial charge in [0, 0.05) is 18.9 Å². The van der Waals surface area contributed by atoms with Crippen molar-refractivity contribution in [3.05, 3.63) is 18.7 Å². The van der Waals surface area contributed by atoms with Crippen molar-refractivity contribution in [2.75, 3.05) is 13.4 Å². The molecule has 5 rings (SSSR count). The van der Waals surface area contributed by atoms with Gasteiger partial charge in [-0.2, -0.15) is 0 Å². The van der Waals surface area contributed by atoms with Crippen LogP contribution < -0.4 is 0 Å². The Morgan fingerprint density at radius 1 is 0.946 bits per heavy atom. The lowest BCUT2D eigenvalue weighted by molar-refractivity contribution is -0.158.